The number of ether oxygens (including phenoxy) is 1. The number of carbonyl (C=O) groups is 1. The first-order valence-electron chi connectivity index (χ1n) is 3.94. The Labute approximate surface area is 72.6 Å². The van der Waals surface area contributed by atoms with Gasteiger partial charge in [-0.2, -0.15) is 0 Å². The van der Waals surface area contributed by atoms with E-state index < -0.39 is 0 Å². The molecule has 0 aromatic rings. The van der Waals surface area contributed by atoms with Crippen molar-refractivity contribution < 1.29 is 9.53 Å². The lowest BCUT2D eigenvalue weighted by Crippen LogP contribution is -2.38. The highest BCUT2D eigenvalue weighted by molar-refractivity contribution is 5.71. The maximum atomic E-state index is 10.8. The predicted octanol–water partition coefficient (Wildman–Crippen LogP) is -1.62. The Balaban J connectivity index is 3.68. The summed E-state index contributed by atoms with van der Waals surface area (Å²) in [5.74, 6) is -0.253. The molecule has 0 amide bonds. The molecule has 0 atom stereocenters. The van der Waals surface area contributed by atoms with Crippen molar-refractivity contribution in [1.82, 2.24) is 4.90 Å². The summed E-state index contributed by atoms with van der Waals surface area (Å²) < 4.78 is 4.51. The highest BCUT2D eigenvalue weighted by Gasteiger charge is 2.08. The minimum Gasteiger partial charge on any atom is -0.468 e. The largest absolute Gasteiger partial charge is 0.468 e. The zero-order valence-corrected chi connectivity index (χ0v) is 7.45. The van der Waals surface area contributed by atoms with Gasteiger partial charge >= 0.3 is 5.97 Å². The van der Waals surface area contributed by atoms with Crippen LogP contribution in [-0.2, 0) is 9.53 Å². The summed E-state index contributed by atoms with van der Waals surface area (Å²) in [7, 11) is 1.37. The average molecular weight is 175 g/mol. The molecule has 0 aliphatic carbocycles. The van der Waals surface area contributed by atoms with Crippen molar-refractivity contribution in [2.24, 2.45) is 11.5 Å². The summed E-state index contributed by atoms with van der Waals surface area (Å²) in [6, 6.07) is 0. The van der Waals surface area contributed by atoms with Crippen LogP contribution in [0.3, 0.4) is 0 Å². The van der Waals surface area contributed by atoms with E-state index in [2.05, 4.69) is 4.74 Å². The fraction of sp³-hybridized carbons (Fsp3) is 0.857. The zero-order chi connectivity index (χ0) is 9.40. The maximum Gasteiger partial charge on any atom is 0.319 e. The Morgan fingerprint density at radius 1 is 1.33 bits per heavy atom. The molecule has 0 aromatic carbocycles. The number of hydrogen-bond donors (Lipinski definition) is 2. The third-order valence-corrected chi connectivity index (χ3v) is 1.47. The van der Waals surface area contributed by atoms with Gasteiger partial charge in [-0.05, 0) is 0 Å². The van der Waals surface area contributed by atoms with Crippen molar-refractivity contribution in [2.45, 2.75) is 0 Å². The Morgan fingerprint density at radius 2 is 1.83 bits per heavy atom. The number of carbonyl (C=O) groups excluding carboxylic acids is 1. The SMILES string of the molecule is COC(=O)CN(CCN)CCN. The second-order valence-electron chi connectivity index (χ2n) is 2.43. The molecule has 0 bridgehead atoms. The van der Waals surface area contributed by atoms with Gasteiger partial charge in [0.1, 0.15) is 0 Å². The summed E-state index contributed by atoms with van der Waals surface area (Å²) in [6.07, 6.45) is 0. The summed E-state index contributed by atoms with van der Waals surface area (Å²) in [5, 5.41) is 0. The monoisotopic (exact) mass is 175 g/mol. The molecule has 0 aliphatic heterocycles. The van der Waals surface area contributed by atoms with Gasteiger partial charge in [-0.1, -0.05) is 0 Å². The lowest BCUT2D eigenvalue weighted by atomic mass is 10.4. The van der Waals surface area contributed by atoms with Gasteiger partial charge in [-0.25, -0.2) is 0 Å². The normalized spacial score (nSPS) is 10.3. The number of methoxy groups -OCH3 is 1. The molecule has 0 fully saturated rings. The zero-order valence-electron chi connectivity index (χ0n) is 7.45. The standard InChI is InChI=1S/C7H17N3O2/c1-12-7(11)6-10(4-2-8)5-3-9/h2-6,8-9H2,1H3. The van der Waals surface area contributed by atoms with Gasteiger partial charge in [-0.3, -0.25) is 9.69 Å². The van der Waals surface area contributed by atoms with Gasteiger partial charge in [0, 0.05) is 26.2 Å². The van der Waals surface area contributed by atoms with Gasteiger partial charge in [-0.15, -0.1) is 0 Å². The highest BCUT2D eigenvalue weighted by atomic mass is 16.5. The quantitative estimate of drug-likeness (QED) is 0.474. The van der Waals surface area contributed by atoms with E-state index in [-0.39, 0.29) is 12.5 Å². The summed E-state index contributed by atoms with van der Waals surface area (Å²) in [4.78, 5) is 12.7. The van der Waals surface area contributed by atoms with E-state index in [1.54, 1.807) is 0 Å². The Hall–Kier alpha value is -0.650. The van der Waals surface area contributed by atoms with Crippen LogP contribution in [0.2, 0.25) is 0 Å². The first-order chi connectivity index (χ1) is 5.74. The second-order valence-corrected chi connectivity index (χ2v) is 2.43. The number of hydrogen-bond acceptors (Lipinski definition) is 5. The van der Waals surface area contributed by atoms with Gasteiger partial charge in [0.05, 0.1) is 13.7 Å². The summed E-state index contributed by atoms with van der Waals surface area (Å²) >= 11 is 0. The fourth-order valence-electron chi connectivity index (χ4n) is 0.882. The minimum atomic E-state index is -0.253. The molecule has 4 N–H and O–H groups in total. The molecule has 0 radical (unpaired) electrons. The predicted molar refractivity (Wildman–Crippen MR) is 46.6 cm³/mol. The van der Waals surface area contributed by atoms with E-state index in [0.29, 0.717) is 26.2 Å². The smallest absolute Gasteiger partial charge is 0.319 e. The molecule has 12 heavy (non-hydrogen) atoms. The summed E-state index contributed by atoms with van der Waals surface area (Å²) in [6.45, 7) is 2.66. The molecule has 5 nitrogen and oxygen atoms in total. The number of rotatable bonds is 6. The Bertz CT molecular complexity index is 124. The second kappa shape index (κ2) is 7.02. The maximum absolute atomic E-state index is 10.8. The van der Waals surface area contributed by atoms with Gasteiger partial charge in [0.2, 0.25) is 0 Å². The van der Waals surface area contributed by atoms with Crippen molar-refractivity contribution in [1.29, 1.82) is 0 Å². The Kier molecular flexibility index (Phi) is 6.64. The first kappa shape index (κ1) is 11.4. The van der Waals surface area contributed by atoms with Gasteiger partial charge in [0.25, 0.3) is 0 Å². The molecule has 0 unspecified atom stereocenters. The van der Waals surface area contributed by atoms with Crippen molar-refractivity contribution in [3.63, 3.8) is 0 Å². The molecule has 0 rings (SSSR count). The molecular formula is C7H17N3O2. The van der Waals surface area contributed by atoms with Crippen LogP contribution in [0.15, 0.2) is 0 Å². The van der Waals surface area contributed by atoms with Crippen molar-refractivity contribution in [3.05, 3.63) is 0 Å². The molecular weight excluding hydrogens is 158 g/mol. The fourth-order valence-corrected chi connectivity index (χ4v) is 0.882. The van der Waals surface area contributed by atoms with Crippen LogP contribution in [-0.4, -0.2) is 50.7 Å². The minimum absolute atomic E-state index is 0.253. The number of esters is 1. The Morgan fingerprint density at radius 3 is 2.17 bits per heavy atom. The van der Waals surface area contributed by atoms with E-state index in [1.807, 2.05) is 4.90 Å². The molecule has 0 saturated carbocycles. The molecule has 0 spiro atoms. The lowest BCUT2D eigenvalue weighted by molar-refractivity contribution is -0.141. The first-order valence-corrected chi connectivity index (χ1v) is 3.94. The van der Waals surface area contributed by atoms with Crippen LogP contribution in [0.5, 0.6) is 0 Å². The average Bonchev–Trinajstić information content (AvgIpc) is 2.05. The van der Waals surface area contributed by atoms with Crippen LogP contribution >= 0.6 is 0 Å². The van der Waals surface area contributed by atoms with E-state index in [9.17, 15) is 4.79 Å². The summed E-state index contributed by atoms with van der Waals surface area (Å²) in [5.41, 5.74) is 10.7. The molecule has 5 heteroatoms. The van der Waals surface area contributed by atoms with Crippen LogP contribution in [0.4, 0.5) is 0 Å². The molecule has 72 valence electrons. The third kappa shape index (κ3) is 5.06. The molecule has 0 aliphatic rings. The van der Waals surface area contributed by atoms with Crippen LogP contribution in [0, 0.1) is 0 Å². The molecule has 0 aromatic heterocycles. The third-order valence-electron chi connectivity index (χ3n) is 1.47. The van der Waals surface area contributed by atoms with Crippen molar-refractivity contribution in [2.75, 3.05) is 39.8 Å². The van der Waals surface area contributed by atoms with Crippen LogP contribution in [0.1, 0.15) is 0 Å². The molecule has 0 heterocycles. The van der Waals surface area contributed by atoms with E-state index in [0.717, 1.165) is 0 Å². The lowest BCUT2D eigenvalue weighted by Gasteiger charge is -2.18. The van der Waals surface area contributed by atoms with E-state index in [1.165, 1.54) is 7.11 Å². The van der Waals surface area contributed by atoms with Crippen molar-refractivity contribution >= 4 is 5.97 Å². The van der Waals surface area contributed by atoms with Crippen molar-refractivity contribution in [3.8, 4) is 0 Å². The van der Waals surface area contributed by atoms with Crippen LogP contribution < -0.4 is 11.5 Å². The number of nitrogens with two attached hydrogens (primary N) is 2. The highest BCUT2D eigenvalue weighted by Crippen LogP contribution is 1.86. The van der Waals surface area contributed by atoms with E-state index >= 15 is 0 Å². The van der Waals surface area contributed by atoms with Crippen LogP contribution in [0.25, 0.3) is 0 Å². The topological polar surface area (TPSA) is 81.6 Å². The molecule has 0 saturated heterocycles. The van der Waals surface area contributed by atoms with Gasteiger partial charge in [0.15, 0.2) is 0 Å². The van der Waals surface area contributed by atoms with E-state index in [4.69, 9.17) is 11.5 Å². The number of nitrogens with zero attached hydrogens (tertiary/aromatic N) is 1. The van der Waals surface area contributed by atoms with Gasteiger partial charge < -0.3 is 16.2 Å².